The van der Waals surface area contributed by atoms with Crippen molar-refractivity contribution in [2.45, 2.75) is 38.8 Å². The second kappa shape index (κ2) is 9.33. The van der Waals surface area contributed by atoms with Gasteiger partial charge in [0, 0.05) is 12.1 Å². The highest BCUT2D eigenvalue weighted by molar-refractivity contribution is 5.43. The van der Waals surface area contributed by atoms with Crippen LogP contribution in [0.3, 0.4) is 0 Å². The average molecular weight is 343 g/mol. The minimum Gasteiger partial charge on any atom is -0.496 e. The van der Waals surface area contributed by atoms with Crippen LogP contribution in [0.1, 0.15) is 37.4 Å². The number of rotatable bonds is 9. The van der Waals surface area contributed by atoms with Crippen molar-refractivity contribution in [3.63, 3.8) is 0 Å². The predicted octanol–water partition coefficient (Wildman–Crippen LogP) is 4.38. The fraction of sp³-hybridized carbons (Fsp3) is 0.429. The first kappa shape index (κ1) is 19.1. The smallest absolute Gasteiger partial charge is 0.161 e. The van der Waals surface area contributed by atoms with E-state index in [0.717, 1.165) is 30.1 Å². The molecular formula is C21H29NO3. The van der Waals surface area contributed by atoms with Gasteiger partial charge in [0.05, 0.1) is 21.3 Å². The number of hydrogen-bond acceptors (Lipinski definition) is 4. The SMILES string of the molecule is COc1ccccc1CCC(C)NC(C)c1ccc(OC)c(OC)c1. The van der Waals surface area contributed by atoms with Crippen molar-refractivity contribution in [3.8, 4) is 17.2 Å². The maximum absolute atomic E-state index is 5.43. The molecule has 2 atom stereocenters. The molecule has 0 saturated heterocycles. The lowest BCUT2D eigenvalue weighted by Crippen LogP contribution is -2.29. The molecule has 0 radical (unpaired) electrons. The van der Waals surface area contributed by atoms with Crippen molar-refractivity contribution in [2.75, 3.05) is 21.3 Å². The van der Waals surface area contributed by atoms with E-state index in [0.29, 0.717) is 6.04 Å². The van der Waals surface area contributed by atoms with Crippen molar-refractivity contribution in [1.29, 1.82) is 0 Å². The predicted molar refractivity (Wildman–Crippen MR) is 102 cm³/mol. The van der Waals surface area contributed by atoms with E-state index in [4.69, 9.17) is 14.2 Å². The largest absolute Gasteiger partial charge is 0.496 e. The number of aryl methyl sites for hydroxylation is 1. The van der Waals surface area contributed by atoms with E-state index in [1.165, 1.54) is 11.1 Å². The van der Waals surface area contributed by atoms with E-state index < -0.39 is 0 Å². The van der Waals surface area contributed by atoms with E-state index in [1.54, 1.807) is 21.3 Å². The maximum atomic E-state index is 5.43. The van der Waals surface area contributed by atoms with Gasteiger partial charge in [0.2, 0.25) is 0 Å². The third-order valence-corrected chi connectivity index (χ3v) is 4.48. The van der Waals surface area contributed by atoms with Crippen LogP contribution in [0.25, 0.3) is 0 Å². The lowest BCUT2D eigenvalue weighted by atomic mass is 10.0. The summed E-state index contributed by atoms with van der Waals surface area (Å²) in [5, 5.41) is 3.66. The first-order valence-corrected chi connectivity index (χ1v) is 8.69. The molecule has 0 spiro atoms. The van der Waals surface area contributed by atoms with Crippen LogP contribution in [-0.2, 0) is 6.42 Å². The summed E-state index contributed by atoms with van der Waals surface area (Å²) in [7, 11) is 5.04. The zero-order chi connectivity index (χ0) is 18.2. The van der Waals surface area contributed by atoms with Crippen molar-refractivity contribution >= 4 is 0 Å². The molecule has 0 bridgehead atoms. The molecule has 4 heteroatoms. The van der Waals surface area contributed by atoms with E-state index in [-0.39, 0.29) is 6.04 Å². The average Bonchev–Trinajstić information content (AvgIpc) is 2.65. The molecule has 1 N–H and O–H groups in total. The number of benzene rings is 2. The molecule has 4 nitrogen and oxygen atoms in total. The van der Waals surface area contributed by atoms with E-state index in [9.17, 15) is 0 Å². The quantitative estimate of drug-likeness (QED) is 0.733. The summed E-state index contributed by atoms with van der Waals surface area (Å²) < 4.78 is 16.1. The molecule has 0 fully saturated rings. The van der Waals surface area contributed by atoms with Gasteiger partial charge in [0.25, 0.3) is 0 Å². The van der Waals surface area contributed by atoms with E-state index in [2.05, 4.69) is 37.4 Å². The Morgan fingerprint density at radius 1 is 0.840 bits per heavy atom. The van der Waals surface area contributed by atoms with Gasteiger partial charge in [-0.25, -0.2) is 0 Å². The molecule has 0 aliphatic heterocycles. The Balaban J connectivity index is 1.94. The summed E-state index contributed by atoms with van der Waals surface area (Å²) in [4.78, 5) is 0. The molecule has 25 heavy (non-hydrogen) atoms. The van der Waals surface area contributed by atoms with Crippen LogP contribution < -0.4 is 19.5 Å². The number of methoxy groups -OCH3 is 3. The minimum absolute atomic E-state index is 0.229. The van der Waals surface area contributed by atoms with Crippen LogP contribution >= 0.6 is 0 Å². The zero-order valence-corrected chi connectivity index (χ0v) is 15.8. The molecule has 2 aromatic carbocycles. The lowest BCUT2D eigenvalue weighted by Gasteiger charge is -2.21. The Hall–Kier alpha value is -2.20. The molecule has 2 rings (SSSR count). The van der Waals surface area contributed by atoms with Gasteiger partial charge in [0.1, 0.15) is 5.75 Å². The second-order valence-corrected chi connectivity index (χ2v) is 6.25. The Bertz CT molecular complexity index is 672. The summed E-state index contributed by atoms with van der Waals surface area (Å²) in [6, 6.07) is 14.9. The van der Waals surface area contributed by atoms with Gasteiger partial charge in [-0.05, 0) is 56.0 Å². The van der Waals surface area contributed by atoms with Gasteiger partial charge >= 0.3 is 0 Å². The third-order valence-electron chi connectivity index (χ3n) is 4.48. The van der Waals surface area contributed by atoms with Gasteiger partial charge in [-0.3, -0.25) is 0 Å². The van der Waals surface area contributed by atoms with Crippen LogP contribution in [0.5, 0.6) is 17.2 Å². The molecular weight excluding hydrogens is 314 g/mol. The first-order chi connectivity index (χ1) is 12.1. The van der Waals surface area contributed by atoms with Crippen molar-refractivity contribution in [3.05, 3.63) is 53.6 Å². The van der Waals surface area contributed by atoms with Crippen LogP contribution in [0.4, 0.5) is 0 Å². The fourth-order valence-corrected chi connectivity index (χ4v) is 3.01. The van der Waals surface area contributed by atoms with Crippen LogP contribution in [0.15, 0.2) is 42.5 Å². The first-order valence-electron chi connectivity index (χ1n) is 8.69. The molecule has 136 valence electrons. The molecule has 2 aromatic rings. The molecule has 0 aromatic heterocycles. The molecule has 0 saturated carbocycles. The van der Waals surface area contributed by atoms with Gasteiger partial charge in [-0.2, -0.15) is 0 Å². The van der Waals surface area contributed by atoms with Crippen molar-refractivity contribution < 1.29 is 14.2 Å². The summed E-state index contributed by atoms with van der Waals surface area (Å²) in [6.07, 6.45) is 2.02. The summed E-state index contributed by atoms with van der Waals surface area (Å²) in [5.41, 5.74) is 2.43. The molecule has 0 aliphatic rings. The standard InChI is InChI=1S/C21H29NO3/c1-15(10-11-17-8-6-7-9-19(17)23-3)22-16(2)18-12-13-20(24-4)21(14-18)25-5/h6-9,12-16,22H,10-11H2,1-5H3. The lowest BCUT2D eigenvalue weighted by molar-refractivity contribution is 0.353. The van der Waals surface area contributed by atoms with Gasteiger partial charge in [-0.15, -0.1) is 0 Å². The van der Waals surface area contributed by atoms with Crippen LogP contribution in [0, 0.1) is 0 Å². The fourth-order valence-electron chi connectivity index (χ4n) is 3.01. The van der Waals surface area contributed by atoms with E-state index >= 15 is 0 Å². The molecule has 2 unspecified atom stereocenters. The molecule has 0 aliphatic carbocycles. The summed E-state index contributed by atoms with van der Waals surface area (Å²) in [5.74, 6) is 2.47. The number of hydrogen-bond donors (Lipinski definition) is 1. The van der Waals surface area contributed by atoms with Crippen molar-refractivity contribution in [1.82, 2.24) is 5.32 Å². The maximum Gasteiger partial charge on any atom is 0.161 e. The monoisotopic (exact) mass is 343 g/mol. The van der Waals surface area contributed by atoms with Crippen LogP contribution in [0.2, 0.25) is 0 Å². The highest BCUT2D eigenvalue weighted by atomic mass is 16.5. The third kappa shape index (κ3) is 5.13. The van der Waals surface area contributed by atoms with Crippen molar-refractivity contribution in [2.24, 2.45) is 0 Å². The minimum atomic E-state index is 0.229. The summed E-state index contributed by atoms with van der Waals surface area (Å²) >= 11 is 0. The second-order valence-electron chi connectivity index (χ2n) is 6.25. The Kier molecular flexibility index (Phi) is 7.14. The summed E-state index contributed by atoms with van der Waals surface area (Å²) in [6.45, 7) is 4.38. The number of nitrogens with one attached hydrogen (secondary N) is 1. The topological polar surface area (TPSA) is 39.7 Å². The molecule has 0 amide bonds. The Labute approximate surface area is 151 Å². The Morgan fingerprint density at radius 2 is 1.52 bits per heavy atom. The van der Waals surface area contributed by atoms with Gasteiger partial charge in [-0.1, -0.05) is 24.3 Å². The Morgan fingerprint density at radius 3 is 2.20 bits per heavy atom. The van der Waals surface area contributed by atoms with Gasteiger partial charge in [0.15, 0.2) is 11.5 Å². The molecule has 0 heterocycles. The highest BCUT2D eigenvalue weighted by Crippen LogP contribution is 2.30. The highest BCUT2D eigenvalue weighted by Gasteiger charge is 2.13. The number of para-hydroxylation sites is 1. The normalized spacial score (nSPS) is 13.2. The zero-order valence-electron chi connectivity index (χ0n) is 15.8. The van der Waals surface area contributed by atoms with E-state index in [1.807, 2.05) is 24.3 Å². The van der Waals surface area contributed by atoms with Crippen LogP contribution in [-0.4, -0.2) is 27.4 Å². The number of ether oxygens (including phenoxy) is 3. The van der Waals surface area contributed by atoms with Gasteiger partial charge < -0.3 is 19.5 Å².